The molecule has 1 N–H and O–H groups in total. The first-order valence-corrected chi connectivity index (χ1v) is 8.65. The van der Waals surface area contributed by atoms with Gasteiger partial charge in [-0.15, -0.1) is 0 Å². The van der Waals surface area contributed by atoms with Gasteiger partial charge in [-0.05, 0) is 31.4 Å². The number of aliphatic hydroxyl groups excluding tert-OH is 1. The van der Waals surface area contributed by atoms with Crippen LogP contribution in [0.25, 0.3) is 0 Å². The maximum absolute atomic E-state index is 12.6. The number of aromatic nitrogens is 4. The van der Waals surface area contributed by atoms with Gasteiger partial charge >= 0.3 is 0 Å². The minimum Gasteiger partial charge on any atom is -0.380 e. The van der Waals surface area contributed by atoms with E-state index in [1.807, 2.05) is 15.6 Å². The fourth-order valence-corrected chi connectivity index (χ4v) is 3.52. The number of aliphatic hydroxyl groups is 1. The predicted octanol–water partition coefficient (Wildman–Crippen LogP) is 1.23. The average molecular weight is 329 g/mol. The summed E-state index contributed by atoms with van der Waals surface area (Å²) >= 11 is 0. The summed E-state index contributed by atoms with van der Waals surface area (Å²) in [6, 6.07) is 3.71. The van der Waals surface area contributed by atoms with Gasteiger partial charge in [0.15, 0.2) is 0 Å². The van der Waals surface area contributed by atoms with Crippen LogP contribution in [0.2, 0.25) is 0 Å². The molecular weight excluding hydrogens is 306 g/mol. The summed E-state index contributed by atoms with van der Waals surface area (Å²) in [5, 5.41) is 19.2. The van der Waals surface area contributed by atoms with Crippen LogP contribution in [-0.4, -0.2) is 42.0 Å². The van der Waals surface area contributed by atoms with Crippen LogP contribution in [-0.2, 0) is 24.9 Å². The van der Waals surface area contributed by atoms with Crippen molar-refractivity contribution in [1.82, 2.24) is 24.5 Å². The molecule has 24 heavy (non-hydrogen) atoms. The van der Waals surface area contributed by atoms with Gasteiger partial charge in [-0.25, -0.2) is 0 Å². The molecule has 2 aromatic rings. The van der Waals surface area contributed by atoms with Gasteiger partial charge in [0.25, 0.3) is 0 Å². The molecule has 0 radical (unpaired) electrons. The largest absolute Gasteiger partial charge is 0.380 e. The lowest BCUT2D eigenvalue weighted by Gasteiger charge is -2.30. The van der Waals surface area contributed by atoms with E-state index in [-0.39, 0.29) is 11.8 Å². The van der Waals surface area contributed by atoms with E-state index in [1.165, 1.54) is 6.42 Å². The summed E-state index contributed by atoms with van der Waals surface area (Å²) < 4.78 is 3.59. The summed E-state index contributed by atoms with van der Waals surface area (Å²) in [6.45, 7) is 2.15. The van der Waals surface area contributed by atoms with Crippen LogP contribution in [0.1, 0.15) is 48.9 Å². The van der Waals surface area contributed by atoms with E-state index in [4.69, 9.17) is 0 Å². The number of fused-ring (bicyclic) bond motifs is 1. The summed E-state index contributed by atoms with van der Waals surface area (Å²) in [7, 11) is 1.80. The maximum Gasteiger partial charge on any atom is 0.226 e. The lowest BCUT2D eigenvalue weighted by Crippen LogP contribution is -2.38. The van der Waals surface area contributed by atoms with Crippen molar-refractivity contribution in [2.24, 2.45) is 13.0 Å². The molecule has 1 aliphatic heterocycles. The Bertz CT molecular complexity index is 746. The second-order valence-corrected chi connectivity index (χ2v) is 6.81. The van der Waals surface area contributed by atoms with Gasteiger partial charge in [-0.1, -0.05) is 6.42 Å². The van der Waals surface area contributed by atoms with Crippen LogP contribution in [0.3, 0.4) is 0 Å². The lowest BCUT2D eigenvalue weighted by molar-refractivity contribution is -0.138. The first kappa shape index (κ1) is 15.4. The Hall–Kier alpha value is -2.15. The monoisotopic (exact) mass is 329 g/mol. The minimum atomic E-state index is -0.798. The van der Waals surface area contributed by atoms with Gasteiger partial charge in [-0.2, -0.15) is 10.2 Å². The third kappa shape index (κ3) is 2.62. The van der Waals surface area contributed by atoms with Crippen molar-refractivity contribution in [3.8, 4) is 0 Å². The van der Waals surface area contributed by atoms with E-state index in [9.17, 15) is 9.90 Å². The number of aryl methyl sites for hydroxylation is 2. The molecule has 1 fully saturated rings. The quantitative estimate of drug-likeness (QED) is 0.919. The van der Waals surface area contributed by atoms with E-state index in [1.54, 1.807) is 24.0 Å². The van der Waals surface area contributed by atoms with Crippen molar-refractivity contribution in [2.75, 3.05) is 6.54 Å². The number of hydrogen-bond donors (Lipinski definition) is 1. The van der Waals surface area contributed by atoms with Crippen molar-refractivity contribution in [1.29, 1.82) is 0 Å². The molecule has 2 aromatic heterocycles. The second kappa shape index (κ2) is 6.05. The molecule has 0 unspecified atom stereocenters. The lowest BCUT2D eigenvalue weighted by atomic mass is 9.84. The molecule has 0 aromatic carbocycles. The Morgan fingerprint density at radius 2 is 2.17 bits per heavy atom. The fourth-order valence-electron chi connectivity index (χ4n) is 3.52. The average Bonchev–Trinajstić information content (AvgIpc) is 3.06. The van der Waals surface area contributed by atoms with Crippen molar-refractivity contribution in [3.05, 3.63) is 35.4 Å². The van der Waals surface area contributed by atoms with Gasteiger partial charge in [0, 0.05) is 32.3 Å². The molecular formula is C17H23N5O2. The highest BCUT2D eigenvalue weighted by Gasteiger charge is 2.31. The van der Waals surface area contributed by atoms with Crippen molar-refractivity contribution >= 4 is 5.91 Å². The Morgan fingerprint density at radius 3 is 2.83 bits per heavy atom. The number of carbonyl (C=O) groups excluding carboxylic acids is 1. The zero-order valence-electron chi connectivity index (χ0n) is 13.9. The van der Waals surface area contributed by atoms with E-state index in [2.05, 4.69) is 10.2 Å². The molecule has 0 saturated heterocycles. The Labute approximate surface area is 140 Å². The molecule has 1 atom stereocenters. The molecule has 1 saturated carbocycles. The first-order chi connectivity index (χ1) is 11.6. The molecule has 7 nitrogen and oxygen atoms in total. The van der Waals surface area contributed by atoms with E-state index in [0.29, 0.717) is 17.9 Å². The molecule has 3 heterocycles. The smallest absolute Gasteiger partial charge is 0.226 e. The number of hydrogen-bond acceptors (Lipinski definition) is 4. The van der Waals surface area contributed by atoms with Crippen LogP contribution in [0, 0.1) is 5.92 Å². The van der Waals surface area contributed by atoms with Crippen LogP contribution in [0.4, 0.5) is 0 Å². The third-order valence-corrected chi connectivity index (χ3v) is 5.22. The first-order valence-electron chi connectivity index (χ1n) is 8.65. The molecule has 4 rings (SSSR count). The highest BCUT2D eigenvalue weighted by atomic mass is 16.3. The third-order valence-electron chi connectivity index (χ3n) is 5.22. The predicted molar refractivity (Wildman–Crippen MR) is 86.9 cm³/mol. The van der Waals surface area contributed by atoms with Crippen LogP contribution in [0.5, 0.6) is 0 Å². The van der Waals surface area contributed by atoms with Crippen LogP contribution >= 0.6 is 0 Å². The molecule has 128 valence electrons. The summed E-state index contributed by atoms with van der Waals surface area (Å²) in [5.74, 6) is 0.503. The van der Waals surface area contributed by atoms with Gasteiger partial charge < -0.3 is 10.0 Å². The number of carbonyl (C=O) groups is 1. The Balaban J connectivity index is 1.55. The number of nitrogens with zero attached hydrogens (tertiary/aromatic N) is 5. The number of rotatable bonds is 3. The minimum absolute atomic E-state index is 0.221. The summed E-state index contributed by atoms with van der Waals surface area (Å²) in [4.78, 5) is 14.5. The SMILES string of the molecule is Cn1nccc1[C@@H](O)c1cc2n(n1)CCCN(C(=O)C1CCC1)C2. The van der Waals surface area contributed by atoms with Gasteiger partial charge in [-0.3, -0.25) is 14.2 Å². The van der Waals surface area contributed by atoms with E-state index in [0.717, 1.165) is 38.0 Å². The molecule has 0 bridgehead atoms. The zero-order chi connectivity index (χ0) is 16.7. The van der Waals surface area contributed by atoms with Crippen molar-refractivity contribution in [2.45, 2.75) is 44.9 Å². The van der Waals surface area contributed by atoms with Gasteiger partial charge in [0.1, 0.15) is 6.10 Å². The summed E-state index contributed by atoms with van der Waals surface area (Å²) in [5.41, 5.74) is 2.33. The molecule has 1 aliphatic carbocycles. The Kier molecular flexibility index (Phi) is 3.88. The molecule has 1 amide bonds. The van der Waals surface area contributed by atoms with Gasteiger partial charge in [0.2, 0.25) is 5.91 Å². The normalized spacial score (nSPS) is 19.5. The van der Waals surface area contributed by atoms with Crippen LogP contribution in [0.15, 0.2) is 18.3 Å². The topological polar surface area (TPSA) is 76.2 Å². The molecule has 2 aliphatic rings. The van der Waals surface area contributed by atoms with Crippen LogP contribution < -0.4 is 0 Å². The summed E-state index contributed by atoms with van der Waals surface area (Å²) in [6.07, 6.45) is 4.99. The van der Waals surface area contributed by atoms with E-state index < -0.39 is 6.10 Å². The van der Waals surface area contributed by atoms with Crippen molar-refractivity contribution < 1.29 is 9.90 Å². The zero-order valence-corrected chi connectivity index (χ0v) is 13.9. The Morgan fingerprint density at radius 1 is 1.33 bits per heavy atom. The molecule has 0 spiro atoms. The second-order valence-electron chi connectivity index (χ2n) is 6.81. The molecule has 7 heteroatoms. The van der Waals surface area contributed by atoms with Gasteiger partial charge in [0.05, 0.1) is 23.6 Å². The fraction of sp³-hybridized carbons (Fsp3) is 0.588. The maximum atomic E-state index is 12.6. The van der Waals surface area contributed by atoms with Crippen molar-refractivity contribution in [3.63, 3.8) is 0 Å². The highest BCUT2D eigenvalue weighted by molar-refractivity contribution is 5.79. The highest BCUT2D eigenvalue weighted by Crippen LogP contribution is 2.30. The standard InChI is InChI=1S/C17H23N5O2/c1-20-15(6-7-18-20)16(23)14-10-13-11-21(8-3-9-22(13)19-14)17(24)12-4-2-5-12/h6-7,10,12,16,23H,2-5,8-9,11H2,1H3/t16-/m0/s1. The van der Waals surface area contributed by atoms with E-state index >= 15 is 0 Å². The number of amides is 1.